The van der Waals surface area contributed by atoms with Gasteiger partial charge >= 0.3 is 17.8 Å². The van der Waals surface area contributed by atoms with Gasteiger partial charge in [0.1, 0.15) is 12.6 Å². The molecule has 2 aromatic rings. The molecule has 4 N–H and O–H groups in total. The number of nitrogens with one attached hydrogen (secondary N) is 3. The average molecular weight is 624 g/mol. The summed E-state index contributed by atoms with van der Waals surface area (Å²) in [6.45, 7) is 4.73. The summed E-state index contributed by atoms with van der Waals surface area (Å²) < 4.78 is 59.1. The molecule has 0 radical (unpaired) electrons. The van der Waals surface area contributed by atoms with Crippen LogP contribution in [0.1, 0.15) is 58.4 Å². The first-order chi connectivity index (χ1) is 20.6. The summed E-state index contributed by atoms with van der Waals surface area (Å²) in [6.07, 6.45) is 0.179. The molecular formula is C30H33F4N3O7. The highest BCUT2D eigenvalue weighted by molar-refractivity contribution is 6.39. The Kier molecular flexibility index (Phi) is 11.1. The van der Waals surface area contributed by atoms with Gasteiger partial charge in [-0.25, -0.2) is 8.78 Å². The Bertz CT molecular complexity index is 1410. The fraction of sp³-hybridized carbons (Fsp3) is 0.433. The summed E-state index contributed by atoms with van der Waals surface area (Å²) in [5.41, 5.74) is 1.08. The largest absolute Gasteiger partial charge is 0.481 e. The molecule has 238 valence electrons. The number of hydrogen-bond acceptors (Lipinski definition) is 6. The van der Waals surface area contributed by atoms with Crippen LogP contribution in [0.5, 0.6) is 5.75 Å². The molecule has 1 aliphatic rings. The van der Waals surface area contributed by atoms with E-state index in [0.29, 0.717) is 18.5 Å². The fourth-order valence-corrected chi connectivity index (χ4v) is 4.81. The predicted molar refractivity (Wildman–Crippen MR) is 149 cm³/mol. The van der Waals surface area contributed by atoms with Gasteiger partial charge in [-0.2, -0.15) is 8.78 Å². The van der Waals surface area contributed by atoms with Gasteiger partial charge in [-0.05, 0) is 42.7 Å². The lowest BCUT2D eigenvalue weighted by Crippen LogP contribution is -2.48. The van der Waals surface area contributed by atoms with Crippen LogP contribution in [-0.2, 0) is 29.4 Å². The van der Waals surface area contributed by atoms with Gasteiger partial charge in [-0.15, -0.1) is 0 Å². The highest BCUT2D eigenvalue weighted by Gasteiger charge is 2.32. The maximum atomic E-state index is 13.8. The Morgan fingerprint density at radius 2 is 1.52 bits per heavy atom. The quantitative estimate of drug-likeness (QED) is 0.179. The van der Waals surface area contributed by atoms with Gasteiger partial charge in [0.25, 0.3) is 0 Å². The number of Topliss-reactive ketones (excluding diaryl/α,β-unsaturated/α-hetero) is 1. The molecule has 1 atom stereocenters. The SMILES string of the molecule is CC(C)(C)c1ccccc1NC(=O)C(=O)N[C@H]1CC[C@H](C(=O)N[C@@H](CC(=O)O)C(=O)COc2c(F)c(F)cc(F)c2F)CC1. The standard InChI is InChI=1S/C30H33F4N3O7/c1-30(2,3)17-6-4-5-7-20(17)36-29(43)28(42)35-16-10-8-15(9-11-16)27(41)37-21(13-23(39)40)22(38)14-44-26-24(33)18(31)12-19(32)25(26)34/h4-7,12,15-16,21H,8-11,13-14H2,1-3H3,(H,35,42)(H,36,43)(H,37,41)(H,39,40)/t15-,16-,21-/m0/s1. The molecule has 1 aliphatic carbocycles. The molecular weight excluding hydrogens is 590 g/mol. The number of halogens is 4. The molecule has 0 aliphatic heterocycles. The van der Waals surface area contributed by atoms with E-state index in [0.717, 1.165) is 5.56 Å². The number of carbonyl (C=O) groups is 5. The van der Waals surface area contributed by atoms with Gasteiger partial charge in [-0.3, -0.25) is 24.0 Å². The van der Waals surface area contributed by atoms with E-state index < -0.39 is 89.5 Å². The number of ketones is 1. The number of anilines is 1. The van der Waals surface area contributed by atoms with Gasteiger partial charge in [0, 0.05) is 23.7 Å². The van der Waals surface area contributed by atoms with Crippen LogP contribution in [0.25, 0.3) is 0 Å². The van der Waals surface area contributed by atoms with Crippen molar-refractivity contribution in [2.24, 2.45) is 5.92 Å². The zero-order valence-electron chi connectivity index (χ0n) is 24.3. The molecule has 0 bridgehead atoms. The van der Waals surface area contributed by atoms with Crippen molar-refractivity contribution in [3.8, 4) is 5.75 Å². The molecule has 44 heavy (non-hydrogen) atoms. The lowest BCUT2D eigenvalue weighted by atomic mass is 9.85. The molecule has 0 unspecified atom stereocenters. The minimum absolute atomic E-state index is 0.0466. The van der Waals surface area contributed by atoms with Crippen molar-refractivity contribution in [1.82, 2.24) is 10.6 Å². The number of amides is 3. The Hall–Kier alpha value is -4.49. The van der Waals surface area contributed by atoms with Crippen LogP contribution in [0.15, 0.2) is 30.3 Å². The molecule has 0 spiro atoms. The molecule has 1 fully saturated rings. The topological polar surface area (TPSA) is 151 Å². The molecule has 0 saturated heterocycles. The summed E-state index contributed by atoms with van der Waals surface area (Å²) >= 11 is 0. The summed E-state index contributed by atoms with van der Waals surface area (Å²) in [5.74, 6) is -14.4. The summed E-state index contributed by atoms with van der Waals surface area (Å²) in [7, 11) is 0. The first-order valence-corrected chi connectivity index (χ1v) is 13.8. The Labute approximate surface area is 250 Å². The zero-order valence-corrected chi connectivity index (χ0v) is 24.3. The van der Waals surface area contributed by atoms with Crippen LogP contribution in [0.3, 0.4) is 0 Å². The predicted octanol–water partition coefficient (Wildman–Crippen LogP) is 3.76. The molecule has 1 saturated carbocycles. The monoisotopic (exact) mass is 623 g/mol. The third-order valence-corrected chi connectivity index (χ3v) is 7.14. The van der Waals surface area contributed by atoms with Crippen molar-refractivity contribution in [3.63, 3.8) is 0 Å². The summed E-state index contributed by atoms with van der Waals surface area (Å²) in [5, 5.41) is 16.7. The highest BCUT2D eigenvalue weighted by Crippen LogP contribution is 2.30. The van der Waals surface area contributed by atoms with E-state index in [2.05, 4.69) is 20.7 Å². The van der Waals surface area contributed by atoms with Crippen molar-refractivity contribution < 1.29 is 51.4 Å². The van der Waals surface area contributed by atoms with Crippen molar-refractivity contribution in [3.05, 3.63) is 59.2 Å². The van der Waals surface area contributed by atoms with Crippen LogP contribution in [0.2, 0.25) is 0 Å². The molecule has 0 heterocycles. The lowest BCUT2D eigenvalue weighted by molar-refractivity contribution is -0.141. The van der Waals surface area contributed by atoms with Crippen molar-refractivity contribution in [2.45, 2.75) is 70.4 Å². The smallest absolute Gasteiger partial charge is 0.313 e. The molecule has 2 aromatic carbocycles. The Morgan fingerprint density at radius 3 is 2.09 bits per heavy atom. The number of ether oxygens (including phenoxy) is 1. The normalized spacial score (nSPS) is 17.2. The average Bonchev–Trinajstić information content (AvgIpc) is 2.95. The minimum Gasteiger partial charge on any atom is -0.481 e. The van der Waals surface area contributed by atoms with Gasteiger partial charge in [0.2, 0.25) is 17.5 Å². The van der Waals surface area contributed by atoms with Gasteiger partial charge in [-0.1, -0.05) is 39.0 Å². The molecule has 0 aromatic heterocycles. The maximum Gasteiger partial charge on any atom is 0.313 e. The third-order valence-electron chi connectivity index (χ3n) is 7.14. The van der Waals surface area contributed by atoms with Crippen LogP contribution in [0.4, 0.5) is 23.2 Å². The second-order valence-electron chi connectivity index (χ2n) is 11.5. The molecule has 3 amide bonds. The number of benzene rings is 2. The number of carboxylic acid groups (broad SMARTS) is 1. The number of hydrogen-bond donors (Lipinski definition) is 4. The Balaban J connectivity index is 1.53. The van der Waals surface area contributed by atoms with E-state index in [1.807, 2.05) is 32.9 Å². The number of carbonyl (C=O) groups excluding carboxylic acids is 4. The lowest BCUT2D eigenvalue weighted by Gasteiger charge is -2.29. The molecule has 3 rings (SSSR count). The summed E-state index contributed by atoms with van der Waals surface area (Å²) in [4.78, 5) is 61.9. The number of carboxylic acids is 1. The first-order valence-electron chi connectivity index (χ1n) is 13.8. The highest BCUT2D eigenvalue weighted by atomic mass is 19.2. The van der Waals surface area contributed by atoms with Gasteiger partial charge in [0.05, 0.1) is 6.42 Å². The number of rotatable bonds is 10. The van der Waals surface area contributed by atoms with Crippen molar-refractivity contribution >= 4 is 35.2 Å². The van der Waals surface area contributed by atoms with Crippen LogP contribution < -0.4 is 20.7 Å². The minimum atomic E-state index is -1.88. The van der Waals surface area contributed by atoms with Crippen LogP contribution >= 0.6 is 0 Å². The second-order valence-corrected chi connectivity index (χ2v) is 11.5. The number of aliphatic carboxylic acids is 1. The van der Waals surface area contributed by atoms with E-state index in [-0.39, 0.29) is 24.3 Å². The fourth-order valence-electron chi connectivity index (χ4n) is 4.81. The molecule has 14 heteroatoms. The Morgan fingerprint density at radius 1 is 0.932 bits per heavy atom. The second kappa shape index (κ2) is 14.3. The third kappa shape index (κ3) is 8.77. The number of para-hydroxylation sites is 1. The van der Waals surface area contributed by atoms with E-state index in [1.54, 1.807) is 12.1 Å². The zero-order chi connectivity index (χ0) is 32.8. The van der Waals surface area contributed by atoms with Crippen molar-refractivity contribution in [2.75, 3.05) is 11.9 Å². The van der Waals surface area contributed by atoms with Gasteiger partial charge in [0.15, 0.2) is 23.2 Å². The van der Waals surface area contributed by atoms with E-state index in [4.69, 9.17) is 0 Å². The van der Waals surface area contributed by atoms with Crippen molar-refractivity contribution in [1.29, 1.82) is 0 Å². The van der Waals surface area contributed by atoms with E-state index >= 15 is 0 Å². The van der Waals surface area contributed by atoms with E-state index in [1.165, 1.54) is 0 Å². The van der Waals surface area contributed by atoms with Crippen LogP contribution in [-0.4, -0.2) is 53.3 Å². The first kappa shape index (κ1) is 34.0. The molecule has 10 nitrogen and oxygen atoms in total. The summed E-state index contributed by atoms with van der Waals surface area (Å²) in [6, 6.07) is 4.99. The van der Waals surface area contributed by atoms with E-state index in [9.17, 15) is 46.6 Å². The maximum absolute atomic E-state index is 13.8. The van der Waals surface area contributed by atoms with Crippen LogP contribution in [0, 0.1) is 29.2 Å². The van der Waals surface area contributed by atoms with Gasteiger partial charge < -0.3 is 25.8 Å².